The Kier molecular flexibility index (Phi) is 1.88. The van der Waals surface area contributed by atoms with Crippen LogP contribution in [0.15, 0.2) is 4.60 Å². The van der Waals surface area contributed by atoms with Gasteiger partial charge in [-0.25, -0.2) is 9.78 Å². The maximum absolute atomic E-state index is 10.9. The molecule has 0 unspecified atom stereocenters. The Morgan fingerprint density at radius 3 is 2.75 bits per heavy atom. The van der Waals surface area contributed by atoms with Crippen molar-refractivity contribution in [2.24, 2.45) is 7.05 Å². The van der Waals surface area contributed by atoms with Crippen molar-refractivity contribution in [3.63, 3.8) is 0 Å². The van der Waals surface area contributed by atoms with Gasteiger partial charge in [0.25, 0.3) is 0 Å². The van der Waals surface area contributed by atoms with Crippen LogP contribution in [0.2, 0.25) is 0 Å². The monoisotopic (exact) mass is 284 g/mol. The van der Waals surface area contributed by atoms with Gasteiger partial charge in [-0.3, -0.25) is 4.57 Å². The highest BCUT2D eigenvalue weighted by Crippen LogP contribution is 2.39. The molecule has 0 aliphatic heterocycles. The Bertz CT molecular complexity index is 596. The quantitative estimate of drug-likeness (QED) is 0.905. The molecule has 16 heavy (non-hydrogen) atoms. The Balaban J connectivity index is 2.25. The van der Waals surface area contributed by atoms with Crippen LogP contribution in [0.4, 0.5) is 0 Å². The normalized spacial score (nSPS) is 15.9. The second kappa shape index (κ2) is 3.07. The van der Waals surface area contributed by atoms with Gasteiger partial charge in [0.2, 0.25) is 5.78 Å². The first-order valence-corrected chi connectivity index (χ1v) is 5.73. The number of rotatable bonds is 2. The van der Waals surface area contributed by atoms with E-state index >= 15 is 0 Å². The van der Waals surface area contributed by atoms with Crippen LogP contribution in [0, 0.1) is 0 Å². The van der Waals surface area contributed by atoms with Gasteiger partial charge in [-0.2, -0.15) is 9.61 Å². The summed E-state index contributed by atoms with van der Waals surface area (Å²) in [5.74, 6) is 0.989. The minimum absolute atomic E-state index is 0.000414. The number of carboxylic acid groups (broad SMARTS) is 1. The lowest BCUT2D eigenvalue weighted by Crippen LogP contribution is -2.01. The Hall–Kier alpha value is -1.37. The third-order valence-corrected chi connectivity index (χ3v) is 3.49. The SMILES string of the molecule is Cn1c(C2CC2)nn2c(Br)c(C(=O)O)nc12. The first-order valence-electron chi connectivity index (χ1n) is 4.93. The van der Waals surface area contributed by atoms with Crippen LogP contribution in [0.3, 0.4) is 0 Å². The molecule has 0 spiro atoms. The topological polar surface area (TPSA) is 72.4 Å². The van der Waals surface area contributed by atoms with E-state index in [4.69, 9.17) is 5.11 Å². The number of hydrogen-bond donors (Lipinski definition) is 1. The number of hydrogen-bond acceptors (Lipinski definition) is 3. The minimum Gasteiger partial charge on any atom is -0.476 e. The van der Waals surface area contributed by atoms with E-state index in [0.29, 0.717) is 16.3 Å². The summed E-state index contributed by atoms with van der Waals surface area (Å²) in [5, 5.41) is 13.3. The summed E-state index contributed by atoms with van der Waals surface area (Å²) in [4.78, 5) is 14.9. The highest BCUT2D eigenvalue weighted by Gasteiger charge is 2.31. The Morgan fingerprint density at radius 2 is 2.25 bits per heavy atom. The van der Waals surface area contributed by atoms with Crippen LogP contribution < -0.4 is 0 Å². The van der Waals surface area contributed by atoms with E-state index in [1.807, 2.05) is 11.6 Å². The summed E-state index contributed by atoms with van der Waals surface area (Å²) in [7, 11) is 1.86. The highest BCUT2D eigenvalue weighted by molar-refractivity contribution is 9.10. The van der Waals surface area contributed by atoms with Gasteiger partial charge in [0.05, 0.1) is 0 Å². The van der Waals surface area contributed by atoms with Crippen molar-refractivity contribution in [1.82, 2.24) is 19.2 Å². The van der Waals surface area contributed by atoms with E-state index in [-0.39, 0.29) is 5.69 Å². The number of aromatic carboxylic acids is 1. The second-order valence-corrected chi connectivity index (χ2v) is 4.71. The number of imidazole rings is 1. The lowest BCUT2D eigenvalue weighted by atomic mass is 10.4. The molecule has 0 saturated heterocycles. The molecule has 0 radical (unpaired) electrons. The van der Waals surface area contributed by atoms with E-state index in [2.05, 4.69) is 26.0 Å². The van der Waals surface area contributed by atoms with Crippen molar-refractivity contribution in [2.45, 2.75) is 18.8 Å². The molecule has 1 fully saturated rings. The zero-order valence-corrected chi connectivity index (χ0v) is 10.1. The molecule has 2 aromatic rings. The molecule has 1 aliphatic carbocycles. The average molecular weight is 285 g/mol. The Morgan fingerprint density at radius 1 is 1.56 bits per heavy atom. The molecule has 84 valence electrons. The lowest BCUT2D eigenvalue weighted by molar-refractivity contribution is 0.0690. The maximum atomic E-state index is 10.9. The van der Waals surface area contributed by atoms with Gasteiger partial charge in [0, 0.05) is 13.0 Å². The fourth-order valence-electron chi connectivity index (χ4n) is 1.79. The third kappa shape index (κ3) is 1.21. The van der Waals surface area contributed by atoms with Crippen LogP contribution in [-0.2, 0) is 7.05 Å². The molecular weight excluding hydrogens is 276 g/mol. The number of nitrogens with zero attached hydrogens (tertiary/aromatic N) is 4. The lowest BCUT2D eigenvalue weighted by Gasteiger charge is -1.95. The molecule has 3 rings (SSSR count). The van der Waals surface area contributed by atoms with Crippen LogP contribution >= 0.6 is 15.9 Å². The van der Waals surface area contributed by atoms with Crippen LogP contribution in [0.5, 0.6) is 0 Å². The van der Waals surface area contributed by atoms with Crippen LogP contribution in [0.25, 0.3) is 5.78 Å². The van der Waals surface area contributed by atoms with E-state index in [0.717, 1.165) is 18.7 Å². The molecule has 1 saturated carbocycles. The zero-order valence-electron chi connectivity index (χ0n) is 8.51. The summed E-state index contributed by atoms with van der Waals surface area (Å²) in [6.45, 7) is 0. The molecule has 0 amide bonds. The van der Waals surface area contributed by atoms with E-state index in [1.54, 1.807) is 0 Å². The van der Waals surface area contributed by atoms with Gasteiger partial charge >= 0.3 is 5.97 Å². The van der Waals surface area contributed by atoms with Crippen molar-refractivity contribution < 1.29 is 9.90 Å². The summed E-state index contributed by atoms with van der Waals surface area (Å²) >= 11 is 3.21. The van der Waals surface area contributed by atoms with Crippen molar-refractivity contribution in [3.05, 3.63) is 16.1 Å². The van der Waals surface area contributed by atoms with E-state index < -0.39 is 5.97 Å². The van der Waals surface area contributed by atoms with Gasteiger partial charge in [0.1, 0.15) is 10.4 Å². The van der Waals surface area contributed by atoms with Gasteiger partial charge in [-0.15, -0.1) is 0 Å². The van der Waals surface area contributed by atoms with Gasteiger partial charge in [0.15, 0.2) is 5.69 Å². The van der Waals surface area contributed by atoms with Crippen molar-refractivity contribution >= 4 is 27.7 Å². The van der Waals surface area contributed by atoms with Crippen LogP contribution in [-0.4, -0.2) is 30.2 Å². The van der Waals surface area contributed by atoms with Crippen molar-refractivity contribution in [1.29, 1.82) is 0 Å². The predicted molar refractivity (Wildman–Crippen MR) is 58.6 cm³/mol. The standard InChI is InChI=1S/C9H9BrN4O2/c1-13-7(4-2-3-4)12-14-6(10)5(8(15)16)11-9(13)14/h4H,2-3H2,1H3,(H,15,16). The third-order valence-electron chi connectivity index (χ3n) is 2.77. The van der Waals surface area contributed by atoms with Crippen molar-refractivity contribution in [3.8, 4) is 0 Å². The largest absolute Gasteiger partial charge is 0.476 e. The molecular formula is C9H9BrN4O2. The van der Waals surface area contributed by atoms with Gasteiger partial charge in [-0.1, -0.05) is 0 Å². The molecule has 7 heteroatoms. The van der Waals surface area contributed by atoms with Crippen molar-refractivity contribution in [2.75, 3.05) is 0 Å². The number of aryl methyl sites for hydroxylation is 1. The van der Waals surface area contributed by atoms with Crippen LogP contribution in [0.1, 0.15) is 35.1 Å². The number of halogens is 1. The molecule has 6 nitrogen and oxygen atoms in total. The fourth-order valence-corrected chi connectivity index (χ4v) is 2.29. The molecule has 0 aromatic carbocycles. The summed E-state index contributed by atoms with van der Waals surface area (Å²) in [5.41, 5.74) is 0.000414. The Labute approximate surface area is 99.0 Å². The highest BCUT2D eigenvalue weighted by atomic mass is 79.9. The van der Waals surface area contributed by atoms with Gasteiger partial charge in [-0.05, 0) is 28.8 Å². The first-order chi connectivity index (χ1) is 7.59. The molecule has 0 bridgehead atoms. The second-order valence-electron chi connectivity index (χ2n) is 3.96. The van der Waals surface area contributed by atoms with Gasteiger partial charge < -0.3 is 5.11 Å². The summed E-state index contributed by atoms with van der Waals surface area (Å²) < 4.78 is 3.80. The summed E-state index contributed by atoms with van der Waals surface area (Å²) in [6.07, 6.45) is 2.30. The number of fused-ring (bicyclic) bond motifs is 1. The zero-order chi connectivity index (χ0) is 11.4. The predicted octanol–water partition coefficient (Wildman–Crippen LogP) is 1.41. The first kappa shape index (κ1) is 9.83. The minimum atomic E-state index is -1.05. The molecule has 0 atom stereocenters. The molecule has 1 aliphatic rings. The molecule has 2 aromatic heterocycles. The summed E-state index contributed by atoms with van der Waals surface area (Å²) in [6, 6.07) is 0. The maximum Gasteiger partial charge on any atom is 0.357 e. The fraction of sp³-hybridized carbons (Fsp3) is 0.444. The van der Waals surface area contributed by atoms with E-state index in [1.165, 1.54) is 4.52 Å². The number of carbonyl (C=O) groups is 1. The molecule has 2 heterocycles. The van der Waals surface area contributed by atoms with E-state index in [9.17, 15) is 4.79 Å². The number of aromatic nitrogens is 4. The smallest absolute Gasteiger partial charge is 0.357 e. The number of carboxylic acids is 1. The molecule has 1 N–H and O–H groups in total. The average Bonchev–Trinajstić information content (AvgIpc) is 2.94.